The van der Waals surface area contributed by atoms with Gasteiger partial charge in [-0.05, 0) is 33.0 Å². The second-order valence-electron chi connectivity index (χ2n) is 6.06. The van der Waals surface area contributed by atoms with Crippen molar-refractivity contribution in [2.45, 2.75) is 18.9 Å². The number of primary amides is 1. The maximum Gasteiger partial charge on any atom is 0.231 e. The molecule has 116 valence electrons. The predicted octanol–water partition coefficient (Wildman–Crippen LogP) is -1.23. The van der Waals surface area contributed by atoms with E-state index in [9.17, 15) is 4.79 Å². The van der Waals surface area contributed by atoms with Crippen molar-refractivity contribution in [2.75, 3.05) is 66.0 Å². The first-order chi connectivity index (χ1) is 9.65. The summed E-state index contributed by atoms with van der Waals surface area (Å²) < 4.78 is 0. The van der Waals surface area contributed by atoms with Crippen molar-refractivity contribution >= 4 is 5.91 Å². The smallest absolute Gasteiger partial charge is 0.231 e. The second-order valence-corrected chi connectivity index (χ2v) is 6.06. The van der Waals surface area contributed by atoms with E-state index in [2.05, 4.69) is 27.1 Å². The van der Waals surface area contributed by atoms with E-state index in [1.807, 2.05) is 0 Å². The zero-order valence-corrected chi connectivity index (χ0v) is 12.7. The largest absolute Gasteiger partial charge is 0.369 e. The maximum absolute atomic E-state index is 11.3. The normalized spacial score (nSPS) is 23.3. The number of likely N-dealkylation sites (N-methyl/N-ethyl adjacent to an activating group) is 1. The SMILES string of the molecule is CN1CCN(CCN(CC(N)=O)C2CCNCC2)CC1. The number of carbonyl (C=O) groups excluding carboxylic acids is 1. The Morgan fingerprint density at radius 2 is 1.90 bits per heavy atom. The summed E-state index contributed by atoms with van der Waals surface area (Å²) in [5.41, 5.74) is 5.41. The highest BCUT2D eigenvalue weighted by Gasteiger charge is 2.23. The molecule has 2 rings (SSSR count). The highest BCUT2D eigenvalue weighted by Crippen LogP contribution is 2.12. The van der Waals surface area contributed by atoms with Crippen LogP contribution in [0.25, 0.3) is 0 Å². The molecular formula is C14H29N5O. The van der Waals surface area contributed by atoms with Gasteiger partial charge < -0.3 is 16.0 Å². The Morgan fingerprint density at radius 3 is 2.50 bits per heavy atom. The molecule has 0 radical (unpaired) electrons. The summed E-state index contributed by atoms with van der Waals surface area (Å²) >= 11 is 0. The molecule has 2 fully saturated rings. The van der Waals surface area contributed by atoms with Gasteiger partial charge in [-0.25, -0.2) is 0 Å². The molecule has 0 saturated carbocycles. The fraction of sp³-hybridized carbons (Fsp3) is 0.929. The van der Waals surface area contributed by atoms with Crippen molar-refractivity contribution in [3.8, 4) is 0 Å². The Morgan fingerprint density at radius 1 is 1.25 bits per heavy atom. The predicted molar refractivity (Wildman–Crippen MR) is 80.6 cm³/mol. The lowest BCUT2D eigenvalue weighted by atomic mass is 10.0. The Hall–Kier alpha value is -0.690. The lowest BCUT2D eigenvalue weighted by molar-refractivity contribution is -0.119. The molecular weight excluding hydrogens is 254 g/mol. The first-order valence-electron chi connectivity index (χ1n) is 7.79. The van der Waals surface area contributed by atoms with Crippen molar-refractivity contribution < 1.29 is 4.79 Å². The van der Waals surface area contributed by atoms with Gasteiger partial charge in [-0.3, -0.25) is 14.6 Å². The Bertz CT molecular complexity index is 298. The maximum atomic E-state index is 11.3. The first-order valence-corrected chi connectivity index (χ1v) is 7.79. The Kier molecular flexibility index (Phi) is 6.22. The van der Waals surface area contributed by atoms with E-state index in [1.54, 1.807) is 0 Å². The van der Waals surface area contributed by atoms with Gasteiger partial charge in [0.25, 0.3) is 0 Å². The first kappa shape index (κ1) is 15.7. The fourth-order valence-corrected chi connectivity index (χ4v) is 3.10. The molecule has 0 aromatic rings. The van der Waals surface area contributed by atoms with E-state index >= 15 is 0 Å². The zero-order valence-electron chi connectivity index (χ0n) is 12.7. The number of nitrogens with two attached hydrogens (primary N) is 1. The topological polar surface area (TPSA) is 64.8 Å². The molecule has 3 N–H and O–H groups in total. The van der Waals surface area contributed by atoms with E-state index in [0.717, 1.165) is 65.2 Å². The van der Waals surface area contributed by atoms with Crippen molar-refractivity contribution in [1.29, 1.82) is 0 Å². The van der Waals surface area contributed by atoms with E-state index in [-0.39, 0.29) is 5.91 Å². The number of hydrogen-bond acceptors (Lipinski definition) is 5. The van der Waals surface area contributed by atoms with Crippen molar-refractivity contribution in [3.05, 3.63) is 0 Å². The van der Waals surface area contributed by atoms with Gasteiger partial charge in [0, 0.05) is 45.3 Å². The molecule has 2 aliphatic rings. The average Bonchev–Trinajstić information content (AvgIpc) is 2.46. The summed E-state index contributed by atoms with van der Waals surface area (Å²) in [4.78, 5) is 18.4. The number of nitrogens with zero attached hydrogens (tertiary/aromatic N) is 3. The second kappa shape index (κ2) is 7.93. The van der Waals surface area contributed by atoms with Gasteiger partial charge in [-0.2, -0.15) is 0 Å². The molecule has 0 bridgehead atoms. The van der Waals surface area contributed by atoms with Crippen LogP contribution in [-0.2, 0) is 4.79 Å². The van der Waals surface area contributed by atoms with Crippen molar-refractivity contribution in [1.82, 2.24) is 20.0 Å². The number of piperazine rings is 1. The van der Waals surface area contributed by atoms with Crippen LogP contribution in [0.5, 0.6) is 0 Å². The van der Waals surface area contributed by atoms with Crippen LogP contribution in [0, 0.1) is 0 Å². The van der Waals surface area contributed by atoms with Crippen LogP contribution in [0.1, 0.15) is 12.8 Å². The van der Waals surface area contributed by atoms with E-state index in [0.29, 0.717) is 12.6 Å². The Balaban J connectivity index is 1.79. The summed E-state index contributed by atoms with van der Waals surface area (Å²) in [6.45, 7) is 9.05. The van der Waals surface area contributed by atoms with Gasteiger partial charge in [-0.15, -0.1) is 0 Å². The molecule has 0 atom stereocenters. The molecule has 2 aliphatic heterocycles. The zero-order chi connectivity index (χ0) is 14.4. The van der Waals surface area contributed by atoms with Crippen LogP contribution >= 0.6 is 0 Å². The molecule has 1 amide bonds. The van der Waals surface area contributed by atoms with E-state index in [1.165, 1.54) is 0 Å². The van der Waals surface area contributed by atoms with Gasteiger partial charge in [0.1, 0.15) is 0 Å². The highest BCUT2D eigenvalue weighted by atomic mass is 16.1. The van der Waals surface area contributed by atoms with E-state index in [4.69, 9.17) is 5.73 Å². The summed E-state index contributed by atoms with van der Waals surface area (Å²) in [7, 11) is 2.17. The standard InChI is InChI=1S/C14H29N5O/c1-17-6-8-18(9-7-17)10-11-19(12-14(15)20)13-2-4-16-5-3-13/h13,16H,2-12H2,1H3,(H2,15,20). The molecule has 2 saturated heterocycles. The number of nitrogens with one attached hydrogen (secondary N) is 1. The summed E-state index contributed by atoms with van der Waals surface area (Å²) in [6.07, 6.45) is 2.24. The number of piperidine rings is 1. The third kappa shape index (κ3) is 5.01. The van der Waals surface area contributed by atoms with Crippen LogP contribution in [-0.4, -0.2) is 92.6 Å². The third-order valence-electron chi connectivity index (χ3n) is 4.48. The van der Waals surface area contributed by atoms with Crippen molar-refractivity contribution in [3.63, 3.8) is 0 Å². The molecule has 6 heteroatoms. The number of rotatable bonds is 6. The molecule has 0 unspecified atom stereocenters. The monoisotopic (exact) mass is 283 g/mol. The van der Waals surface area contributed by atoms with Crippen LogP contribution in [0.3, 0.4) is 0 Å². The van der Waals surface area contributed by atoms with Gasteiger partial charge in [-0.1, -0.05) is 0 Å². The minimum Gasteiger partial charge on any atom is -0.369 e. The highest BCUT2D eigenvalue weighted by molar-refractivity contribution is 5.75. The lowest BCUT2D eigenvalue weighted by Gasteiger charge is -2.37. The van der Waals surface area contributed by atoms with Crippen LogP contribution in [0.2, 0.25) is 0 Å². The number of hydrogen-bond donors (Lipinski definition) is 2. The molecule has 0 aromatic heterocycles. The molecule has 0 spiro atoms. The minimum atomic E-state index is -0.207. The summed E-state index contributed by atoms with van der Waals surface area (Å²) in [6, 6.07) is 0.510. The van der Waals surface area contributed by atoms with Crippen LogP contribution in [0.4, 0.5) is 0 Å². The summed E-state index contributed by atoms with van der Waals surface area (Å²) in [5.74, 6) is -0.207. The molecule has 6 nitrogen and oxygen atoms in total. The van der Waals surface area contributed by atoms with E-state index < -0.39 is 0 Å². The van der Waals surface area contributed by atoms with Crippen LogP contribution in [0.15, 0.2) is 0 Å². The minimum absolute atomic E-state index is 0.207. The van der Waals surface area contributed by atoms with Gasteiger partial charge >= 0.3 is 0 Å². The van der Waals surface area contributed by atoms with Crippen LogP contribution < -0.4 is 11.1 Å². The summed E-state index contributed by atoms with van der Waals surface area (Å²) in [5, 5.41) is 3.37. The van der Waals surface area contributed by atoms with Gasteiger partial charge in [0.15, 0.2) is 0 Å². The van der Waals surface area contributed by atoms with Crippen molar-refractivity contribution in [2.24, 2.45) is 5.73 Å². The molecule has 2 heterocycles. The molecule has 0 aliphatic carbocycles. The average molecular weight is 283 g/mol. The Labute approximate surface area is 122 Å². The lowest BCUT2D eigenvalue weighted by Crippen LogP contribution is -2.51. The van der Waals surface area contributed by atoms with Gasteiger partial charge in [0.2, 0.25) is 5.91 Å². The number of carbonyl (C=O) groups is 1. The third-order valence-corrected chi connectivity index (χ3v) is 4.48. The quantitative estimate of drug-likeness (QED) is 0.639. The van der Waals surface area contributed by atoms with Gasteiger partial charge in [0.05, 0.1) is 6.54 Å². The molecule has 20 heavy (non-hydrogen) atoms. The fourth-order valence-electron chi connectivity index (χ4n) is 3.10. The number of amides is 1. The molecule has 0 aromatic carbocycles.